The molecule has 0 radical (unpaired) electrons. The number of nitrogens with zero attached hydrogens (tertiary/aromatic N) is 1. The molecule has 1 aliphatic rings. The molecule has 0 saturated carbocycles. The summed E-state index contributed by atoms with van der Waals surface area (Å²) in [5, 5.41) is 13.0. The predicted octanol–water partition coefficient (Wildman–Crippen LogP) is 1.93. The molecule has 1 aromatic rings. The van der Waals surface area contributed by atoms with Crippen LogP contribution >= 0.6 is 0 Å². The second-order valence-electron chi connectivity index (χ2n) is 5.45. The minimum Gasteiger partial charge on any atom is -0.481 e. The van der Waals surface area contributed by atoms with Gasteiger partial charge in [0, 0.05) is 19.1 Å². The first-order valence-electron chi connectivity index (χ1n) is 7.44. The van der Waals surface area contributed by atoms with Crippen molar-refractivity contribution < 1.29 is 9.90 Å². The van der Waals surface area contributed by atoms with Gasteiger partial charge >= 0.3 is 5.97 Å². The van der Waals surface area contributed by atoms with Gasteiger partial charge in [0.05, 0.1) is 5.92 Å². The summed E-state index contributed by atoms with van der Waals surface area (Å²) in [5.74, 6) is -1.19. The van der Waals surface area contributed by atoms with E-state index in [0.717, 1.165) is 25.2 Å². The minimum atomic E-state index is -0.742. The molecule has 1 aliphatic heterocycles. The largest absolute Gasteiger partial charge is 0.481 e. The number of hydrogen-bond acceptors (Lipinski definition) is 3. The van der Waals surface area contributed by atoms with E-state index < -0.39 is 11.9 Å². The van der Waals surface area contributed by atoms with Crippen molar-refractivity contribution in [3.63, 3.8) is 0 Å². The third-order valence-corrected chi connectivity index (χ3v) is 4.03. The highest BCUT2D eigenvalue weighted by Crippen LogP contribution is 2.18. The average Bonchev–Trinajstić information content (AvgIpc) is 2.96. The van der Waals surface area contributed by atoms with Gasteiger partial charge in [0.15, 0.2) is 0 Å². The first kappa shape index (κ1) is 15.0. The fourth-order valence-electron chi connectivity index (χ4n) is 2.83. The SMILES string of the molecule is CCN(CC1CCCN1)CC(C(=O)O)c1ccccc1. The smallest absolute Gasteiger partial charge is 0.312 e. The summed E-state index contributed by atoms with van der Waals surface area (Å²) >= 11 is 0. The van der Waals surface area contributed by atoms with E-state index in [4.69, 9.17) is 0 Å². The molecule has 4 nitrogen and oxygen atoms in total. The van der Waals surface area contributed by atoms with Gasteiger partial charge in [-0.1, -0.05) is 37.3 Å². The topological polar surface area (TPSA) is 52.6 Å². The summed E-state index contributed by atoms with van der Waals surface area (Å²) in [6, 6.07) is 10.0. The van der Waals surface area contributed by atoms with Gasteiger partial charge in [-0.15, -0.1) is 0 Å². The van der Waals surface area contributed by atoms with Crippen molar-refractivity contribution in [2.24, 2.45) is 0 Å². The standard InChI is InChI=1S/C16H24N2O2/c1-2-18(11-14-9-6-10-17-14)12-15(16(19)20)13-7-4-3-5-8-13/h3-5,7-8,14-15,17H,2,6,9-12H2,1H3,(H,19,20). The monoisotopic (exact) mass is 276 g/mol. The van der Waals surface area contributed by atoms with E-state index in [9.17, 15) is 9.90 Å². The summed E-state index contributed by atoms with van der Waals surface area (Å²) < 4.78 is 0. The van der Waals surface area contributed by atoms with Crippen molar-refractivity contribution in [1.29, 1.82) is 0 Å². The molecule has 4 heteroatoms. The Balaban J connectivity index is 2.00. The second-order valence-corrected chi connectivity index (χ2v) is 5.45. The minimum absolute atomic E-state index is 0.447. The number of rotatable bonds is 7. The molecule has 0 aliphatic carbocycles. The Hall–Kier alpha value is -1.39. The van der Waals surface area contributed by atoms with Crippen LogP contribution in [-0.4, -0.2) is 48.2 Å². The molecular formula is C16H24N2O2. The number of benzene rings is 1. The van der Waals surface area contributed by atoms with Crippen LogP contribution in [0.3, 0.4) is 0 Å². The first-order chi connectivity index (χ1) is 9.70. The lowest BCUT2D eigenvalue weighted by molar-refractivity contribution is -0.139. The molecule has 2 N–H and O–H groups in total. The molecule has 2 rings (SSSR count). The van der Waals surface area contributed by atoms with Gasteiger partial charge in [-0.2, -0.15) is 0 Å². The molecule has 2 unspecified atom stereocenters. The van der Waals surface area contributed by atoms with E-state index in [0.29, 0.717) is 12.6 Å². The van der Waals surface area contributed by atoms with E-state index in [1.165, 1.54) is 12.8 Å². The number of hydrogen-bond donors (Lipinski definition) is 2. The fraction of sp³-hybridized carbons (Fsp3) is 0.562. The van der Waals surface area contributed by atoms with Crippen LogP contribution < -0.4 is 5.32 Å². The van der Waals surface area contributed by atoms with E-state index in [2.05, 4.69) is 17.1 Å². The van der Waals surface area contributed by atoms with E-state index in [-0.39, 0.29) is 0 Å². The molecule has 0 bridgehead atoms. The lowest BCUT2D eigenvalue weighted by atomic mass is 9.98. The molecule has 110 valence electrons. The van der Waals surface area contributed by atoms with Crippen LogP contribution in [0.15, 0.2) is 30.3 Å². The maximum absolute atomic E-state index is 11.5. The predicted molar refractivity (Wildman–Crippen MR) is 80.0 cm³/mol. The highest BCUT2D eigenvalue weighted by Gasteiger charge is 2.24. The Morgan fingerprint density at radius 2 is 2.20 bits per heavy atom. The molecule has 0 spiro atoms. The summed E-state index contributed by atoms with van der Waals surface area (Å²) in [5.41, 5.74) is 0.887. The maximum Gasteiger partial charge on any atom is 0.312 e. The van der Waals surface area contributed by atoms with Gasteiger partial charge in [0.25, 0.3) is 0 Å². The zero-order chi connectivity index (χ0) is 14.4. The van der Waals surface area contributed by atoms with Gasteiger partial charge in [-0.05, 0) is 31.5 Å². The van der Waals surface area contributed by atoms with Gasteiger partial charge in [0.2, 0.25) is 0 Å². The van der Waals surface area contributed by atoms with Gasteiger partial charge in [-0.25, -0.2) is 0 Å². The zero-order valence-corrected chi connectivity index (χ0v) is 12.1. The van der Waals surface area contributed by atoms with Crippen molar-refractivity contribution in [3.05, 3.63) is 35.9 Å². The van der Waals surface area contributed by atoms with Crippen LogP contribution in [0.5, 0.6) is 0 Å². The highest BCUT2D eigenvalue weighted by molar-refractivity contribution is 5.76. The number of carbonyl (C=O) groups is 1. The van der Waals surface area contributed by atoms with Crippen molar-refractivity contribution in [1.82, 2.24) is 10.2 Å². The number of likely N-dealkylation sites (N-methyl/N-ethyl adjacent to an activating group) is 1. The molecule has 1 heterocycles. The summed E-state index contributed by atoms with van der Waals surface area (Å²) in [6.45, 7) is 5.58. The Morgan fingerprint density at radius 1 is 1.45 bits per heavy atom. The van der Waals surface area contributed by atoms with Crippen LogP contribution in [0, 0.1) is 0 Å². The Kier molecular flexibility index (Phi) is 5.56. The van der Waals surface area contributed by atoms with Crippen molar-refractivity contribution in [2.45, 2.75) is 31.7 Å². The third-order valence-electron chi connectivity index (χ3n) is 4.03. The van der Waals surface area contributed by atoms with Crippen LogP contribution in [0.2, 0.25) is 0 Å². The Bertz CT molecular complexity index is 416. The number of carboxylic acid groups (broad SMARTS) is 1. The lowest BCUT2D eigenvalue weighted by Crippen LogP contribution is -2.40. The van der Waals surface area contributed by atoms with E-state index in [1.54, 1.807) is 0 Å². The molecular weight excluding hydrogens is 252 g/mol. The fourth-order valence-corrected chi connectivity index (χ4v) is 2.83. The van der Waals surface area contributed by atoms with Gasteiger partial charge in [-0.3, -0.25) is 4.79 Å². The van der Waals surface area contributed by atoms with Crippen molar-refractivity contribution >= 4 is 5.97 Å². The number of aliphatic carboxylic acids is 1. The molecule has 20 heavy (non-hydrogen) atoms. The van der Waals surface area contributed by atoms with Crippen molar-refractivity contribution in [2.75, 3.05) is 26.2 Å². The molecule has 1 aromatic carbocycles. The van der Waals surface area contributed by atoms with E-state index in [1.807, 2.05) is 30.3 Å². The maximum atomic E-state index is 11.5. The average molecular weight is 276 g/mol. The first-order valence-corrected chi connectivity index (χ1v) is 7.44. The Labute approximate surface area is 120 Å². The third kappa shape index (κ3) is 4.05. The Morgan fingerprint density at radius 3 is 2.75 bits per heavy atom. The second kappa shape index (κ2) is 7.41. The van der Waals surface area contributed by atoms with Crippen LogP contribution in [-0.2, 0) is 4.79 Å². The summed E-state index contributed by atoms with van der Waals surface area (Å²) in [6.07, 6.45) is 2.42. The zero-order valence-electron chi connectivity index (χ0n) is 12.1. The van der Waals surface area contributed by atoms with Crippen LogP contribution in [0.1, 0.15) is 31.2 Å². The number of nitrogens with one attached hydrogen (secondary N) is 1. The van der Waals surface area contributed by atoms with E-state index >= 15 is 0 Å². The van der Waals surface area contributed by atoms with Crippen molar-refractivity contribution in [3.8, 4) is 0 Å². The highest BCUT2D eigenvalue weighted by atomic mass is 16.4. The van der Waals surface area contributed by atoms with Crippen LogP contribution in [0.25, 0.3) is 0 Å². The summed E-state index contributed by atoms with van der Waals surface area (Å²) in [7, 11) is 0. The number of carboxylic acids is 1. The normalized spacial score (nSPS) is 20.2. The quantitative estimate of drug-likeness (QED) is 0.799. The lowest BCUT2D eigenvalue weighted by Gasteiger charge is -2.27. The molecule has 1 saturated heterocycles. The van der Waals surface area contributed by atoms with Gasteiger partial charge < -0.3 is 15.3 Å². The molecule has 2 atom stereocenters. The van der Waals surface area contributed by atoms with Crippen LogP contribution in [0.4, 0.5) is 0 Å². The molecule has 1 fully saturated rings. The van der Waals surface area contributed by atoms with Gasteiger partial charge in [0.1, 0.15) is 0 Å². The molecule has 0 aromatic heterocycles. The molecule has 0 amide bonds. The summed E-state index contributed by atoms with van der Waals surface area (Å²) in [4.78, 5) is 13.8.